The molecule has 0 radical (unpaired) electrons. The number of amides is 1. The number of carbonyl (C=O) groups is 2. The van der Waals surface area contributed by atoms with Crippen LogP contribution >= 0.6 is 15.9 Å². The van der Waals surface area contributed by atoms with Crippen molar-refractivity contribution in [3.8, 4) is 0 Å². The van der Waals surface area contributed by atoms with E-state index < -0.39 is 17.9 Å². The van der Waals surface area contributed by atoms with Gasteiger partial charge in [0.2, 0.25) is 0 Å². The van der Waals surface area contributed by atoms with Crippen LogP contribution in [0.3, 0.4) is 0 Å². The maximum Gasteiger partial charge on any atom is 0.326 e. The first-order valence-corrected chi connectivity index (χ1v) is 8.54. The summed E-state index contributed by atoms with van der Waals surface area (Å²) in [4.78, 5) is 24.4. The molecule has 0 spiro atoms. The average molecular weight is 398 g/mol. The summed E-state index contributed by atoms with van der Waals surface area (Å²) in [5, 5.41) is 15.4. The predicted octanol–water partition coefficient (Wildman–Crippen LogP) is 4.47. The highest BCUT2D eigenvalue weighted by Crippen LogP contribution is 2.28. The number of fused-ring (bicyclic) bond motifs is 2. The molecule has 0 saturated carbocycles. The van der Waals surface area contributed by atoms with Crippen LogP contribution in [0.4, 0.5) is 0 Å². The van der Waals surface area contributed by atoms with E-state index in [0.29, 0.717) is 10.0 Å². The SMILES string of the molecule is C=C(Br)C[C@H](NC(=O)c1c2ccccc2cc2ccccc12)C(=O)O. The van der Waals surface area contributed by atoms with E-state index >= 15 is 0 Å². The average Bonchev–Trinajstić information content (AvgIpc) is 2.58. The molecule has 1 amide bonds. The zero-order valence-corrected chi connectivity index (χ0v) is 14.9. The first kappa shape index (κ1) is 17.2. The largest absolute Gasteiger partial charge is 0.480 e. The zero-order chi connectivity index (χ0) is 18.0. The van der Waals surface area contributed by atoms with Gasteiger partial charge in [-0.15, -0.1) is 0 Å². The summed E-state index contributed by atoms with van der Waals surface area (Å²) in [5.74, 6) is -1.51. The minimum atomic E-state index is -1.10. The summed E-state index contributed by atoms with van der Waals surface area (Å²) in [6.07, 6.45) is 0.115. The molecular formula is C20H16BrNO3. The molecule has 5 heteroatoms. The number of halogens is 1. The molecule has 4 nitrogen and oxygen atoms in total. The quantitative estimate of drug-likeness (QED) is 0.623. The minimum Gasteiger partial charge on any atom is -0.480 e. The summed E-state index contributed by atoms with van der Waals surface area (Å²) >= 11 is 3.16. The molecule has 0 unspecified atom stereocenters. The highest BCUT2D eigenvalue weighted by atomic mass is 79.9. The molecule has 3 aromatic rings. The molecule has 0 aliphatic carbocycles. The van der Waals surface area contributed by atoms with Crippen molar-refractivity contribution in [1.29, 1.82) is 0 Å². The van der Waals surface area contributed by atoms with Gasteiger partial charge in [0.25, 0.3) is 5.91 Å². The first-order valence-electron chi connectivity index (χ1n) is 7.75. The van der Waals surface area contributed by atoms with Gasteiger partial charge in [0.15, 0.2) is 0 Å². The fourth-order valence-corrected chi connectivity index (χ4v) is 3.23. The Morgan fingerprint density at radius 1 is 1.04 bits per heavy atom. The van der Waals surface area contributed by atoms with Gasteiger partial charge in [-0.05, 0) is 32.1 Å². The molecule has 126 valence electrons. The fraction of sp³-hybridized carbons (Fsp3) is 0.100. The number of hydrogen-bond acceptors (Lipinski definition) is 2. The van der Waals surface area contributed by atoms with Crippen LogP contribution in [0.1, 0.15) is 16.8 Å². The molecule has 0 saturated heterocycles. The molecular weight excluding hydrogens is 382 g/mol. The van der Waals surface area contributed by atoms with Crippen LogP contribution in [0.25, 0.3) is 21.5 Å². The molecule has 2 N–H and O–H groups in total. The van der Waals surface area contributed by atoms with Crippen LogP contribution in [0.5, 0.6) is 0 Å². The molecule has 0 aliphatic heterocycles. The molecule has 0 bridgehead atoms. The number of carboxylic acids is 1. The Kier molecular flexibility index (Phi) is 4.86. The Morgan fingerprint density at radius 3 is 2.04 bits per heavy atom. The van der Waals surface area contributed by atoms with Gasteiger partial charge in [0.05, 0.1) is 5.56 Å². The second-order valence-corrected chi connectivity index (χ2v) is 6.90. The van der Waals surface area contributed by atoms with Crippen molar-refractivity contribution >= 4 is 49.4 Å². The summed E-state index contributed by atoms with van der Waals surface area (Å²) in [7, 11) is 0. The summed E-state index contributed by atoms with van der Waals surface area (Å²) in [5.41, 5.74) is 0.486. The van der Waals surface area contributed by atoms with Gasteiger partial charge in [0, 0.05) is 6.42 Å². The van der Waals surface area contributed by atoms with E-state index in [0.717, 1.165) is 21.5 Å². The molecule has 0 fully saturated rings. The monoisotopic (exact) mass is 397 g/mol. The normalized spacial score (nSPS) is 12.0. The molecule has 3 rings (SSSR count). The Balaban J connectivity index is 2.13. The van der Waals surface area contributed by atoms with E-state index in [4.69, 9.17) is 0 Å². The van der Waals surface area contributed by atoms with E-state index in [1.165, 1.54) is 0 Å². The van der Waals surface area contributed by atoms with Gasteiger partial charge in [-0.2, -0.15) is 0 Å². The number of carbonyl (C=O) groups excluding carboxylic acids is 1. The smallest absolute Gasteiger partial charge is 0.326 e. The van der Waals surface area contributed by atoms with Crippen LogP contribution in [-0.2, 0) is 4.79 Å². The maximum absolute atomic E-state index is 12.9. The van der Waals surface area contributed by atoms with Crippen molar-refractivity contribution in [1.82, 2.24) is 5.32 Å². The second kappa shape index (κ2) is 7.07. The lowest BCUT2D eigenvalue weighted by Crippen LogP contribution is -2.40. The molecule has 0 aliphatic rings. The first-order chi connectivity index (χ1) is 12.0. The fourth-order valence-electron chi connectivity index (χ4n) is 2.91. The Hall–Kier alpha value is -2.66. The van der Waals surface area contributed by atoms with Crippen LogP contribution in [0, 0.1) is 0 Å². The van der Waals surface area contributed by atoms with Crippen molar-refractivity contribution in [2.75, 3.05) is 0 Å². The number of nitrogens with one attached hydrogen (secondary N) is 1. The van der Waals surface area contributed by atoms with Gasteiger partial charge in [-0.3, -0.25) is 4.79 Å². The van der Waals surface area contributed by atoms with Gasteiger partial charge in [0.1, 0.15) is 6.04 Å². The maximum atomic E-state index is 12.9. The zero-order valence-electron chi connectivity index (χ0n) is 13.3. The van der Waals surface area contributed by atoms with Gasteiger partial charge in [-0.25, -0.2) is 4.79 Å². The lowest BCUT2D eigenvalue weighted by Gasteiger charge is -2.16. The molecule has 0 heterocycles. The van der Waals surface area contributed by atoms with Crippen molar-refractivity contribution in [3.63, 3.8) is 0 Å². The second-order valence-electron chi connectivity index (χ2n) is 5.78. The van der Waals surface area contributed by atoms with Gasteiger partial charge >= 0.3 is 5.97 Å². The number of carboxylic acid groups (broad SMARTS) is 1. The van der Waals surface area contributed by atoms with Crippen molar-refractivity contribution in [3.05, 3.63) is 71.2 Å². The Morgan fingerprint density at radius 2 is 1.56 bits per heavy atom. The third-order valence-corrected chi connectivity index (χ3v) is 4.35. The van der Waals surface area contributed by atoms with Crippen LogP contribution in [-0.4, -0.2) is 23.0 Å². The number of hydrogen-bond donors (Lipinski definition) is 2. The minimum absolute atomic E-state index is 0.115. The highest BCUT2D eigenvalue weighted by molar-refractivity contribution is 9.11. The lowest BCUT2D eigenvalue weighted by atomic mass is 9.96. The third kappa shape index (κ3) is 3.56. The summed E-state index contributed by atoms with van der Waals surface area (Å²) in [6.45, 7) is 3.66. The van der Waals surface area contributed by atoms with Gasteiger partial charge < -0.3 is 10.4 Å². The number of benzene rings is 3. The van der Waals surface area contributed by atoms with E-state index in [1.807, 2.05) is 54.6 Å². The standard InChI is InChI=1S/C20H16BrNO3/c1-12(21)10-17(20(24)25)22-19(23)18-15-8-4-2-6-13(15)11-14-7-3-5-9-16(14)18/h2-9,11,17H,1,10H2,(H,22,23)(H,24,25)/t17-/m0/s1. The topological polar surface area (TPSA) is 66.4 Å². The Bertz CT molecular complexity index is 943. The Labute approximate surface area is 153 Å². The number of aliphatic carboxylic acids is 1. The summed E-state index contributed by atoms with van der Waals surface area (Å²) < 4.78 is 0.517. The van der Waals surface area contributed by atoms with Crippen molar-refractivity contribution in [2.24, 2.45) is 0 Å². The molecule has 25 heavy (non-hydrogen) atoms. The van der Waals surface area contributed by atoms with Crippen LogP contribution in [0.15, 0.2) is 65.7 Å². The van der Waals surface area contributed by atoms with E-state index in [2.05, 4.69) is 27.8 Å². The van der Waals surface area contributed by atoms with Gasteiger partial charge in [-0.1, -0.05) is 71.0 Å². The lowest BCUT2D eigenvalue weighted by molar-refractivity contribution is -0.139. The highest BCUT2D eigenvalue weighted by Gasteiger charge is 2.23. The third-order valence-electron chi connectivity index (χ3n) is 4.03. The summed E-state index contributed by atoms with van der Waals surface area (Å²) in [6, 6.07) is 16.1. The van der Waals surface area contributed by atoms with E-state index in [9.17, 15) is 14.7 Å². The predicted molar refractivity (Wildman–Crippen MR) is 103 cm³/mol. The van der Waals surface area contributed by atoms with Crippen LogP contribution < -0.4 is 5.32 Å². The molecule has 1 atom stereocenters. The molecule has 0 aromatic heterocycles. The van der Waals surface area contributed by atoms with Crippen LogP contribution in [0.2, 0.25) is 0 Å². The van der Waals surface area contributed by atoms with Crippen molar-refractivity contribution in [2.45, 2.75) is 12.5 Å². The van der Waals surface area contributed by atoms with Crippen molar-refractivity contribution < 1.29 is 14.7 Å². The number of rotatable bonds is 5. The molecule has 3 aromatic carbocycles. The van der Waals surface area contributed by atoms with E-state index in [-0.39, 0.29) is 6.42 Å². The van der Waals surface area contributed by atoms with E-state index in [1.54, 1.807) is 0 Å².